The van der Waals surface area contributed by atoms with E-state index in [-0.39, 0.29) is 17.6 Å². The molecule has 3 nitrogen and oxygen atoms in total. The number of nitrogens with one attached hydrogen (secondary N) is 1. The highest BCUT2D eigenvalue weighted by Gasteiger charge is 2.16. The summed E-state index contributed by atoms with van der Waals surface area (Å²) in [5.74, 6) is -0.315. The maximum atomic E-state index is 12.6. The second-order valence-corrected chi connectivity index (χ2v) is 5.39. The van der Waals surface area contributed by atoms with Gasteiger partial charge in [0.1, 0.15) is 0 Å². The van der Waals surface area contributed by atoms with E-state index in [1.165, 1.54) is 0 Å². The SMILES string of the molecule is Cc1ccc(NC(=O)C(C)C)c(C(=O)c2ccccc2)c1. The first-order valence-corrected chi connectivity index (χ1v) is 7.00. The Morgan fingerprint density at radius 1 is 1.00 bits per heavy atom. The molecule has 0 bridgehead atoms. The van der Waals surface area contributed by atoms with E-state index in [0.29, 0.717) is 16.8 Å². The molecule has 0 aliphatic carbocycles. The summed E-state index contributed by atoms with van der Waals surface area (Å²) < 4.78 is 0. The van der Waals surface area contributed by atoms with Gasteiger partial charge in [-0.3, -0.25) is 9.59 Å². The number of ketones is 1. The molecule has 0 radical (unpaired) electrons. The predicted molar refractivity (Wildman–Crippen MR) is 84.5 cm³/mol. The fourth-order valence-corrected chi connectivity index (χ4v) is 1.98. The highest BCUT2D eigenvalue weighted by Crippen LogP contribution is 2.21. The molecule has 0 atom stereocenters. The van der Waals surface area contributed by atoms with Gasteiger partial charge in [0.2, 0.25) is 5.91 Å². The van der Waals surface area contributed by atoms with Crippen LogP contribution >= 0.6 is 0 Å². The maximum Gasteiger partial charge on any atom is 0.226 e. The fraction of sp³-hybridized carbons (Fsp3) is 0.222. The van der Waals surface area contributed by atoms with Crippen molar-refractivity contribution in [2.45, 2.75) is 20.8 Å². The molecule has 21 heavy (non-hydrogen) atoms. The van der Waals surface area contributed by atoms with E-state index in [4.69, 9.17) is 0 Å². The molecule has 108 valence electrons. The molecule has 0 aromatic heterocycles. The van der Waals surface area contributed by atoms with Crippen LogP contribution in [0.1, 0.15) is 35.3 Å². The first-order valence-electron chi connectivity index (χ1n) is 7.00. The Bertz CT molecular complexity index is 660. The summed E-state index contributed by atoms with van der Waals surface area (Å²) in [4.78, 5) is 24.5. The first-order chi connectivity index (χ1) is 9.99. The minimum atomic E-state index is -0.133. The topological polar surface area (TPSA) is 46.2 Å². The summed E-state index contributed by atoms with van der Waals surface area (Å²) in [7, 11) is 0. The summed E-state index contributed by atoms with van der Waals surface area (Å²) in [5.41, 5.74) is 2.68. The van der Waals surface area contributed by atoms with Crippen LogP contribution in [0, 0.1) is 12.8 Å². The second-order valence-electron chi connectivity index (χ2n) is 5.39. The molecule has 0 saturated heterocycles. The van der Waals surface area contributed by atoms with Crippen molar-refractivity contribution in [1.29, 1.82) is 0 Å². The number of hydrogen-bond acceptors (Lipinski definition) is 2. The molecule has 0 aliphatic rings. The number of aryl methyl sites for hydroxylation is 1. The van der Waals surface area contributed by atoms with Crippen LogP contribution in [-0.4, -0.2) is 11.7 Å². The Hall–Kier alpha value is -2.42. The normalized spacial score (nSPS) is 10.5. The maximum absolute atomic E-state index is 12.6. The molecule has 0 unspecified atom stereocenters. The van der Waals surface area contributed by atoms with Gasteiger partial charge in [0, 0.05) is 17.0 Å². The van der Waals surface area contributed by atoms with Gasteiger partial charge in [-0.05, 0) is 19.1 Å². The third kappa shape index (κ3) is 3.57. The molecule has 1 amide bonds. The van der Waals surface area contributed by atoms with Gasteiger partial charge in [-0.25, -0.2) is 0 Å². The lowest BCUT2D eigenvalue weighted by Crippen LogP contribution is -2.19. The van der Waals surface area contributed by atoms with Gasteiger partial charge in [0.05, 0.1) is 5.69 Å². The number of anilines is 1. The van der Waals surface area contributed by atoms with Crippen LogP contribution in [0.15, 0.2) is 48.5 Å². The van der Waals surface area contributed by atoms with Crippen LogP contribution in [0.2, 0.25) is 0 Å². The number of carbonyl (C=O) groups excluding carboxylic acids is 2. The van der Waals surface area contributed by atoms with Crippen LogP contribution in [0.4, 0.5) is 5.69 Å². The zero-order valence-electron chi connectivity index (χ0n) is 12.5. The highest BCUT2D eigenvalue weighted by molar-refractivity contribution is 6.14. The minimum absolute atomic E-state index is 0.0849. The summed E-state index contributed by atoms with van der Waals surface area (Å²) in [6.45, 7) is 5.57. The second kappa shape index (κ2) is 6.35. The number of hydrogen-bond donors (Lipinski definition) is 1. The van der Waals surface area contributed by atoms with Crippen LogP contribution in [0.5, 0.6) is 0 Å². The zero-order valence-corrected chi connectivity index (χ0v) is 12.5. The van der Waals surface area contributed by atoms with Crippen molar-refractivity contribution in [2.24, 2.45) is 5.92 Å². The van der Waals surface area contributed by atoms with E-state index >= 15 is 0 Å². The smallest absolute Gasteiger partial charge is 0.226 e. The van der Waals surface area contributed by atoms with E-state index in [9.17, 15) is 9.59 Å². The molecule has 1 N–H and O–H groups in total. The molecule has 0 aliphatic heterocycles. The molecule has 0 fully saturated rings. The van der Waals surface area contributed by atoms with Crippen molar-refractivity contribution < 1.29 is 9.59 Å². The van der Waals surface area contributed by atoms with Crippen molar-refractivity contribution >= 4 is 17.4 Å². The quantitative estimate of drug-likeness (QED) is 0.866. The third-order valence-corrected chi connectivity index (χ3v) is 3.24. The number of rotatable bonds is 4. The molecular formula is C18H19NO2. The summed E-state index contributed by atoms with van der Waals surface area (Å²) in [6.07, 6.45) is 0. The van der Waals surface area contributed by atoms with Crippen LogP contribution in [0.3, 0.4) is 0 Å². The molecule has 0 spiro atoms. The van der Waals surface area contributed by atoms with Crippen molar-refractivity contribution in [3.8, 4) is 0 Å². The fourth-order valence-electron chi connectivity index (χ4n) is 1.98. The summed E-state index contributed by atoms with van der Waals surface area (Å²) in [6, 6.07) is 14.6. The van der Waals surface area contributed by atoms with Crippen molar-refractivity contribution in [1.82, 2.24) is 0 Å². The van der Waals surface area contributed by atoms with Gasteiger partial charge >= 0.3 is 0 Å². The predicted octanol–water partition coefficient (Wildman–Crippen LogP) is 3.82. The van der Waals surface area contributed by atoms with Crippen molar-refractivity contribution in [2.75, 3.05) is 5.32 Å². The van der Waals surface area contributed by atoms with Gasteiger partial charge in [0.15, 0.2) is 5.78 Å². The molecular weight excluding hydrogens is 262 g/mol. The Balaban J connectivity index is 2.40. The van der Waals surface area contributed by atoms with E-state index in [1.807, 2.05) is 51.1 Å². The van der Waals surface area contributed by atoms with Gasteiger partial charge in [-0.1, -0.05) is 55.8 Å². The van der Waals surface area contributed by atoms with Gasteiger partial charge < -0.3 is 5.32 Å². The van der Waals surface area contributed by atoms with Gasteiger partial charge in [0.25, 0.3) is 0 Å². The van der Waals surface area contributed by atoms with Crippen LogP contribution < -0.4 is 5.32 Å². The molecule has 2 aromatic carbocycles. The van der Waals surface area contributed by atoms with Crippen LogP contribution in [0.25, 0.3) is 0 Å². The Morgan fingerprint density at radius 3 is 2.29 bits per heavy atom. The Morgan fingerprint density at radius 2 is 1.67 bits per heavy atom. The number of amides is 1. The summed E-state index contributed by atoms with van der Waals surface area (Å²) >= 11 is 0. The van der Waals surface area contributed by atoms with E-state index < -0.39 is 0 Å². The minimum Gasteiger partial charge on any atom is -0.325 e. The lowest BCUT2D eigenvalue weighted by Gasteiger charge is -2.13. The lowest BCUT2D eigenvalue weighted by molar-refractivity contribution is -0.118. The first kappa shape index (κ1) is 15.0. The number of carbonyl (C=O) groups is 2. The van der Waals surface area contributed by atoms with E-state index in [0.717, 1.165) is 5.56 Å². The number of benzene rings is 2. The Kier molecular flexibility index (Phi) is 4.53. The zero-order chi connectivity index (χ0) is 15.4. The van der Waals surface area contributed by atoms with Crippen molar-refractivity contribution in [3.63, 3.8) is 0 Å². The highest BCUT2D eigenvalue weighted by atomic mass is 16.2. The molecule has 2 rings (SSSR count). The largest absolute Gasteiger partial charge is 0.325 e. The molecule has 0 saturated carbocycles. The van der Waals surface area contributed by atoms with Crippen molar-refractivity contribution in [3.05, 3.63) is 65.2 Å². The lowest BCUT2D eigenvalue weighted by atomic mass is 9.99. The molecule has 3 heteroatoms. The van der Waals surface area contributed by atoms with E-state index in [1.54, 1.807) is 18.2 Å². The standard InChI is InChI=1S/C18H19NO2/c1-12(2)18(21)19-16-10-9-13(3)11-15(16)17(20)14-7-5-4-6-8-14/h4-12H,1-3H3,(H,19,21). The third-order valence-electron chi connectivity index (χ3n) is 3.24. The van der Waals surface area contributed by atoms with E-state index in [2.05, 4.69) is 5.32 Å². The average Bonchev–Trinajstić information content (AvgIpc) is 2.49. The van der Waals surface area contributed by atoms with Gasteiger partial charge in [-0.15, -0.1) is 0 Å². The van der Waals surface area contributed by atoms with Crippen LogP contribution in [-0.2, 0) is 4.79 Å². The molecule has 2 aromatic rings. The average molecular weight is 281 g/mol. The monoisotopic (exact) mass is 281 g/mol. The summed E-state index contributed by atoms with van der Waals surface area (Å²) in [5, 5.41) is 2.83. The Labute approximate surface area is 125 Å². The molecule has 0 heterocycles. The van der Waals surface area contributed by atoms with Gasteiger partial charge in [-0.2, -0.15) is 0 Å².